The molecule has 3 rings (SSSR count). The normalized spacial score (nSPS) is 13.7. The van der Waals surface area contributed by atoms with Gasteiger partial charge in [0.15, 0.2) is 5.82 Å². The van der Waals surface area contributed by atoms with Crippen molar-refractivity contribution >= 4 is 5.91 Å². The van der Waals surface area contributed by atoms with Crippen LogP contribution in [0, 0.1) is 0 Å². The molecule has 0 atom stereocenters. The van der Waals surface area contributed by atoms with Gasteiger partial charge in [-0.05, 0) is 30.7 Å². The van der Waals surface area contributed by atoms with Gasteiger partial charge < -0.3 is 14.2 Å². The molecule has 1 aromatic carbocycles. The van der Waals surface area contributed by atoms with Crippen LogP contribution in [0.15, 0.2) is 24.3 Å². The van der Waals surface area contributed by atoms with E-state index >= 15 is 0 Å². The number of nitrogens with zero attached hydrogens (tertiary/aromatic N) is 4. The molecule has 1 aliphatic heterocycles. The van der Waals surface area contributed by atoms with Crippen LogP contribution in [0.5, 0.6) is 5.75 Å². The SMILES string of the molecule is CN(Cc1nnc2n1CCC2)C(=O)c1ccc(OC(F)(F)F)cc1. The Bertz CT molecular complexity index is 740. The van der Waals surface area contributed by atoms with Gasteiger partial charge in [0, 0.05) is 25.6 Å². The Kier molecular flexibility index (Phi) is 4.16. The molecule has 9 heteroatoms. The van der Waals surface area contributed by atoms with Crippen LogP contribution in [-0.4, -0.2) is 39.0 Å². The number of aromatic nitrogens is 3. The van der Waals surface area contributed by atoms with E-state index in [2.05, 4.69) is 14.9 Å². The minimum absolute atomic E-state index is 0.271. The highest BCUT2D eigenvalue weighted by molar-refractivity contribution is 5.94. The lowest BCUT2D eigenvalue weighted by Crippen LogP contribution is -2.27. The maximum absolute atomic E-state index is 12.4. The number of halogens is 3. The van der Waals surface area contributed by atoms with Crippen molar-refractivity contribution in [2.45, 2.75) is 32.3 Å². The van der Waals surface area contributed by atoms with Gasteiger partial charge in [-0.1, -0.05) is 0 Å². The number of alkyl halides is 3. The van der Waals surface area contributed by atoms with Crippen LogP contribution >= 0.6 is 0 Å². The maximum atomic E-state index is 12.4. The number of ether oxygens (including phenoxy) is 1. The highest BCUT2D eigenvalue weighted by Gasteiger charge is 2.31. The Morgan fingerprint density at radius 2 is 2.00 bits per heavy atom. The fourth-order valence-corrected chi connectivity index (χ4v) is 2.63. The zero-order chi connectivity index (χ0) is 17.3. The second-order valence-electron chi connectivity index (χ2n) is 5.52. The van der Waals surface area contributed by atoms with Crippen molar-refractivity contribution in [1.29, 1.82) is 0 Å². The Balaban J connectivity index is 1.67. The summed E-state index contributed by atoms with van der Waals surface area (Å²) in [5.41, 5.74) is 0.271. The van der Waals surface area contributed by atoms with Crippen molar-refractivity contribution in [2.75, 3.05) is 7.05 Å². The van der Waals surface area contributed by atoms with Gasteiger partial charge in [0.2, 0.25) is 0 Å². The average molecular weight is 340 g/mol. The number of carbonyl (C=O) groups excluding carboxylic acids is 1. The Morgan fingerprint density at radius 3 is 2.67 bits per heavy atom. The van der Waals surface area contributed by atoms with E-state index in [9.17, 15) is 18.0 Å². The fourth-order valence-electron chi connectivity index (χ4n) is 2.63. The standard InChI is InChI=1S/C15H15F3N4O2/c1-21(9-13-20-19-12-3-2-8-22(12)13)14(23)10-4-6-11(7-5-10)24-15(16,17)18/h4-7H,2-3,8-9H2,1H3. The smallest absolute Gasteiger partial charge is 0.406 e. The molecule has 0 radical (unpaired) electrons. The lowest BCUT2D eigenvalue weighted by atomic mass is 10.2. The Labute approximate surface area is 135 Å². The van der Waals surface area contributed by atoms with Gasteiger partial charge in [0.25, 0.3) is 5.91 Å². The summed E-state index contributed by atoms with van der Waals surface area (Å²) < 4.78 is 42.2. The maximum Gasteiger partial charge on any atom is 0.573 e. The van der Waals surface area contributed by atoms with E-state index in [1.54, 1.807) is 7.05 Å². The molecule has 128 valence electrons. The Hall–Kier alpha value is -2.58. The van der Waals surface area contributed by atoms with Crippen LogP contribution in [0.1, 0.15) is 28.4 Å². The summed E-state index contributed by atoms with van der Waals surface area (Å²) in [6, 6.07) is 4.83. The largest absolute Gasteiger partial charge is 0.573 e. The lowest BCUT2D eigenvalue weighted by Gasteiger charge is -2.17. The van der Waals surface area contributed by atoms with Gasteiger partial charge in [-0.2, -0.15) is 0 Å². The summed E-state index contributed by atoms with van der Waals surface area (Å²) in [6.45, 7) is 1.12. The zero-order valence-electron chi connectivity index (χ0n) is 12.9. The number of fused-ring (bicyclic) bond motifs is 1. The molecule has 0 aliphatic carbocycles. The van der Waals surface area contributed by atoms with E-state index in [0.717, 1.165) is 37.3 Å². The summed E-state index contributed by atoms with van der Waals surface area (Å²) in [6.07, 6.45) is -2.86. The minimum Gasteiger partial charge on any atom is -0.406 e. The summed E-state index contributed by atoms with van der Waals surface area (Å²) >= 11 is 0. The first-order chi connectivity index (χ1) is 11.3. The predicted octanol–water partition coefficient (Wildman–Crippen LogP) is 2.40. The summed E-state index contributed by atoms with van der Waals surface area (Å²) in [5, 5.41) is 8.16. The summed E-state index contributed by atoms with van der Waals surface area (Å²) in [5.74, 6) is 0.941. The van der Waals surface area contributed by atoms with E-state index in [1.165, 1.54) is 17.0 Å². The van der Waals surface area contributed by atoms with Gasteiger partial charge in [0.1, 0.15) is 11.6 Å². The van der Waals surface area contributed by atoms with Crippen molar-refractivity contribution in [3.63, 3.8) is 0 Å². The molecular weight excluding hydrogens is 325 g/mol. The molecule has 0 bridgehead atoms. The van der Waals surface area contributed by atoms with Crippen molar-refractivity contribution in [1.82, 2.24) is 19.7 Å². The molecule has 2 aromatic rings. The third kappa shape index (κ3) is 3.50. The van der Waals surface area contributed by atoms with Crippen LogP contribution < -0.4 is 4.74 Å². The quantitative estimate of drug-likeness (QED) is 0.857. The van der Waals surface area contributed by atoms with Gasteiger partial charge in [-0.25, -0.2) is 0 Å². The molecular formula is C15H15F3N4O2. The molecule has 6 nitrogen and oxygen atoms in total. The molecule has 1 amide bonds. The van der Waals surface area contributed by atoms with Crippen molar-refractivity contribution in [3.05, 3.63) is 41.5 Å². The number of benzene rings is 1. The van der Waals surface area contributed by atoms with E-state index in [-0.39, 0.29) is 23.8 Å². The molecule has 0 fully saturated rings. The number of rotatable bonds is 4. The van der Waals surface area contributed by atoms with E-state index < -0.39 is 6.36 Å². The topological polar surface area (TPSA) is 60.2 Å². The van der Waals surface area contributed by atoms with Gasteiger partial charge >= 0.3 is 6.36 Å². The van der Waals surface area contributed by atoms with Gasteiger partial charge in [0.05, 0.1) is 6.54 Å². The summed E-state index contributed by atoms with van der Waals surface area (Å²) in [4.78, 5) is 13.8. The molecule has 0 saturated carbocycles. The van der Waals surface area contributed by atoms with E-state index in [1.807, 2.05) is 4.57 Å². The highest BCUT2D eigenvalue weighted by Crippen LogP contribution is 2.23. The summed E-state index contributed by atoms with van der Waals surface area (Å²) in [7, 11) is 1.61. The van der Waals surface area contributed by atoms with E-state index in [4.69, 9.17) is 0 Å². The van der Waals surface area contributed by atoms with Crippen LogP contribution in [0.3, 0.4) is 0 Å². The molecule has 1 aromatic heterocycles. The second-order valence-corrected chi connectivity index (χ2v) is 5.52. The van der Waals surface area contributed by atoms with Crippen LogP contribution in [0.4, 0.5) is 13.2 Å². The number of aryl methyl sites for hydroxylation is 1. The second kappa shape index (κ2) is 6.14. The fraction of sp³-hybridized carbons (Fsp3) is 0.400. The van der Waals surface area contributed by atoms with Crippen LogP contribution in [0.2, 0.25) is 0 Å². The number of hydrogen-bond donors (Lipinski definition) is 0. The van der Waals surface area contributed by atoms with Gasteiger partial charge in [-0.3, -0.25) is 4.79 Å². The third-order valence-corrected chi connectivity index (χ3v) is 3.75. The molecule has 24 heavy (non-hydrogen) atoms. The number of hydrogen-bond acceptors (Lipinski definition) is 4. The average Bonchev–Trinajstić information content (AvgIpc) is 3.10. The molecule has 2 heterocycles. The van der Waals surface area contributed by atoms with E-state index in [0.29, 0.717) is 5.82 Å². The molecule has 0 N–H and O–H groups in total. The van der Waals surface area contributed by atoms with Crippen molar-refractivity contribution in [3.8, 4) is 5.75 Å². The molecule has 1 aliphatic rings. The molecule has 0 spiro atoms. The van der Waals surface area contributed by atoms with Gasteiger partial charge in [-0.15, -0.1) is 23.4 Å². The lowest BCUT2D eigenvalue weighted by molar-refractivity contribution is -0.274. The monoisotopic (exact) mass is 340 g/mol. The number of carbonyl (C=O) groups is 1. The third-order valence-electron chi connectivity index (χ3n) is 3.75. The Morgan fingerprint density at radius 1 is 1.29 bits per heavy atom. The molecule has 0 saturated heterocycles. The zero-order valence-corrected chi connectivity index (χ0v) is 12.9. The first kappa shape index (κ1) is 16.3. The first-order valence-electron chi connectivity index (χ1n) is 7.36. The highest BCUT2D eigenvalue weighted by atomic mass is 19.4. The van der Waals surface area contributed by atoms with Crippen LogP contribution in [0.25, 0.3) is 0 Å². The minimum atomic E-state index is -4.75. The first-order valence-corrected chi connectivity index (χ1v) is 7.36. The van der Waals surface area contributed by atoms with Crippen molar-refractivity contribution < 1.29 is 22.7 Å². The predicted molar refractivity (Wildman–Crippen MR) is 77.3 cm³/mol. The van der Waals surface area contributed by atoms with Crippen molar-refractivity contribution in [2.24, 2.45) is 0 Å². The molecule has 0 unspecified atom stereocenters. The van der Waals surface area contributed by atoms with Crippen LogP contribution in [-0.2, 0) is 19.5 Å². The number of amides is 1.